The molecule has 0 N–H and O–H groups in total. The van der Waals surface area contributed by atoms with Crippen LogP contribution in [0, 0.1) is 0 Å². The van der Waals surface area contributed by atoms with Gasteiger partial charge < -0.3 is 4.90 Å². The molecule has 3 heterocycles. The van der Waals surface area contributed by atoms with E-state index in [1.807, 2.05) is 36.1 Å². The topological polar surface area (TPSA) is 90.8 Å². The number of carbonyl (C=O) groups is 1. The Hall–Kier alpha value is -2.97. The summed E-state index contributed by atoms with van der Waals surface area (Å²) in [4.78, 5) is 26.9. The zero-order chi connectivity index (χ0) is 19.7. The highest BCUT2D eigenvalue weighted by atomic mass is 16.2. The van der Waals surface area contributed by atoms with E-state index in [0.29, 0.717) is 26.1 Å². The molecule has 148 valence electrons. The van der Waals surface area contributed by atoms with Gasteiger partial charge in [-0.2, -0.15) is 5.10 Å². The minimum absolute atomic E-state index is 0.0961. The number of carbonyl (C=O) groups excluding carboxylic acids is 1. The molecule has 1 saturated heterocycles. The normalized spacial score (nSPS) is 17.4. The monoisotopic (exact) mass is 383 g/mol. The summed E-state index contributed by atoms with van der Waals surface area (Å²) in [6.07, 6.45) is 2.23. The maximum absolute atomic E-state index is 12.8. The molecule has 1 fully saturated rings. The molecule has 9 nitrogen and oxygen atoms in total. The predicted molar refractivity (Wildman–Crippen MR) is 104 cm³/mol. The van der Waals surface area contributed by atoms with E-state index in [1.165, 1.54) is 4.68 Å². The summed E-state index contributed by atoms with van der Waals surface area (Å²) < 4.78 is 4.87. The number of benzene rings is 1. The van der Waals surface area contributed by atoms with Crippen LogP contribution in [0.1, 0.15) is 37.9 Å². The molecule has 2 aromatic heterocycles. The van der Waals surface area contributed by atoms with Gasteiger partial charge in [0.25, 0.3) is 0 Å². The molecule has 1 atom stereocenters. The van der Waals surface area contributed by atoms with Crippen LogP contribution in [0.15, 0.2) is 29.1 Å². The minimum Gasteiger partial charge on any atom is -0.342 e. The molecule has 0 spiro atoms. The van der Waals surface area contributed by atoms with E-state index in [-0.39, 0.29) is 17.5 Å². The highest BCUT2D eigenvalue weighted by molar-refractivity contribution is 5.77. The molecular weight excluding hydrogens is 358 g/mol. The van der Waals surface area contributed by atoms with Crippen LogP contribution in [-0.4, -0.2) is 53.2 Å². The van der Waals surface area contributed by atoms with Gasteiger partial charge in [0, 0.05) is 39.0 Å². The van der Waals surface area contributed by atoms with Crippen molar-refractivity contribution in [2.24, 2.45) is 7.05 Å². The molecule has 9 heteroatoms. The predicted octanol–water partition coefficient (Wildman–Crippen LogP) is 1.14. The molecule has 0 unspecified atom stereocenters. The molecular formula is C19H25N7O2. The lowest BCUT2D eigenvalue weighted by molar-refractivity contribution is -0.132. The fraction of sp³-hybridized carbons (Fsp3) is 0.526. The van der Waals surface area contributed by atoms with Gasteiger partial charge in [-0.05, 0) is 31.9 Å². The maximum Gasteiger partial charge on any atom is 0.345 e. The van der Waals surface area contributed by atoms with Gasteiger partial charge in [0.1, 0.15) is 11.3 Å². The molecule has 1 amide bonds. The summed E-state index contributed by atoms with van der Waals surface area (Å²) in [7, 11) is 1.67. The van der Waals surface area contributed by atoms with E-state index in [2.05, 4.69) is 15.4 Å². The van der Waals surface area contributed by atoms with Crippen molar-refractivity contribution in [1.82, 2.24) is 34.2 Å². The zero-order valence-corrected chi connectivity index (χ0v) is 16.3. The van der Waals surface area contributed by atoms with Crippen molar-refractivity contribution < 1.29 is 4.79 Å². The Morgan fingerprint density at radius 2 is 2.11 bits per heavy atom. The van der Waals surface area contributed by atoms with Crippen LogP contribution < -0.4 is 5.69 Å². The summed E-state index contributed by atoms with van der Waals surface area (Å²) in [6, 6.07) is 7.74. The Labute approximate surface area is 162 Å². The highest BCUT2D eigenvalue weighted by Gasteiger charge is 2.28. The number of piperidine rings is 1. The second kappa shape index (κ2) is 7.57. The van der Waals surface area contributed by atoms with E-state index in [9.17, 15) is 9.59 Å². The number of fused-ring (bicyclic) bond motifs is 1. The molecule has 0 radical (unpaired) electrons. The fourth-order valence-corrected chi connectivity index (χ4v) is 3.98. The minimum atomic E-state index is -0.0981. The van der Waals surface area contributed by atoms with Crippen LogP contribution >= 0.6 is 0 Å². The standard InChI is InChI=1S/C19H25N7O2/c1-3-25-18(21-23(2)19(25)28)14-7-6-11-24(13-14)17(27)10-12-26-16-9-5-4-8-15(16)20-22-26/h4-5,8-9,14H,3,6-7,10-13H2,1-2H3/t14-/m0/s1. The van der Waals surface area contributed by atoms with E-state index in [4.69, 9.17) is 0 Å². The SMILES string of the molecule is CCn1c([C@H]2CCCN(C(=O)CCn3nnc4ccccc43)C2)nn(C)c1=O. The van der Waals surface area contributed by atoms with E-state index in [0.717, 1.165) is 36.2 Å². The Morgan fingerprint density at radius 1 is 1.29 bits per heavy atom. The average Bonchev–Trinajstić information content (AvgIpc) is 3.27. The third-order valence-electron chi connectivity index (χ3n) is 5.45. The first kappa shape index (κ1) is 18.4. The summed E-state index contributed by atoms with van der Waals surface area (Å²) in [6.45, 7) is 4.39. The highest BCUT2D eigenvalue weighted by Crippen LogP contribution is 2.25. The number of hydrogen-bond donors (Lipinski definition) is 0. The first-order chi connectivity index (χ1) is 13.6. The van der Waals surface area contributed by atoms with Gasteiger partial charge in [-0.15, -0.1) is 5.10 Å². The van der Waals surface area contributed by atoms with Crippen molar-refractivity contribution in [3.63, 3.8) is 0 Å². The zero-order valence-electron chi connectivity index (χ0n) is 16.3. The Bertz CT molecular complexity index is 1050. The molecule has 0 aliphatic carbocycles. The summed E-state index contributed by atoms with van der Waals surface area (Å²) in [5.41, 5.74) is 1.67. The largest absolute Gasteiger partial charge is 0.345 e. The van der Waals surface area contributed by atoms with Gasteiger partial charge in [-0.1, -0.05) is 17.3 Å². The number of aromatic nitrogens is 6. The molecule has 0 bridgehead atoms. The van der Waals surface area contributed by atoms with Crippen LogP contribution in [0.5, 0.6) is 0 Å². The van der Waals surface area contributed by atoms with Crippen molar-refractivity contribution in [3.05, 3.63) is 40.6 Å². The first-order valence-corrected chi connectivity index (χ1v) is 9.78. The van der Waals surface area contributed by atoms with Crippen LogP contribution in [0.2, 0.25) is 0 Å². The first-order valence-electron chi connectivity index (χ1n) is 9.78. The molecule has 0 saturated carbocycles. The second-order valence-corrected chi connectivity index (χ2v) is 7.24. The molecule has 28 heavy (non-hydrogen) atoms. The summed E-state index contributed by atoms with van der Waals surface area (Å²) >= 11 is 0. The number of likely N-dealkylation sites (tertiary alicyclic amines) is 1. The number of aryl methyl sites for hydroxylation is 2. The van der Waals surface area contributed by atoms with Crippen molar-refractivity contribution >= 4 is 16.9 Å². The van der Waals surface area contributed by atoms with Crippen molar-refractivity contribution in [1.29, 1.82) is 0 Å². The lowest BCUT2D eigenvalue weighted by Crippen LogP contribution is -2.40. The van der Waals surface area contributed by atoms with Crippen molar-refractivity contribution in [2.45, 2.75) is 45.2 Å². The van der Waals surface area contributed by atoms with Gasteiger partial charge >= 0.3 is 5.69 Å². The quantitative estimate of drug-likeness (QED) is 0.659. The average molecular weight is 383 g/mol. The number of rotatable bonds is 5. The third-order valence-corrected chi connectivity index (χ3v) is 5.45. The summed E-state index contributed by atoms with van der Waals surface area (Å²) in [5.74, 6) is 0.985. The van der Waals surface area contributed by atoms with Gasteiger partial charge in [0.05, 0.1) is 12.1 Å². The number of amides is 1. The van der Waals surface area contributed by atoms with Crippen LogP contribution in [0.25, 0.3) is 11.0 Å². The Balaban J connectivity index is 1.44. The van der Waals surface area contributed by atoms with Gasteiger partial charge in [0.2, 0.25) is 5.91 Å². The fourth-order valence-electron chi connectivity index (χ4n) is 3.98. The molecule has 1 aliphatic heterocycles. The number of nitrogens with zero attached hydrogens (tertiary/aromatic N) is 7. The van der Waals surface area contributed by atoms with Crippen molar-refractivity contribution in [2.75, 3.05) is 13.1 Å². The van der Waals surface area contributed by atoms with Gasteiger partial charge in [-0.25, -0.2) is 14.2 Å². The lowest BCUT2D eigenvalue weighted by atomic mass is 9.97. The molecule has 1 aliphatic rings. The number of para-hydroxylation sites is 1. The molecule has 3 aromatic rings. The number of hydrogen-bond acceptors (Lipinski definition) is 5. The van der Waals surface area contributed by atoms with Gasteiger partial charge in [0.15, 0.2) is 0 Å². The van der Waals surface area contributed by atoms with E-state index >= 15 is 0 Å². The van der Waals surface area contributed by atoms with Gasteiger partial charge in [-0.3, -0.25) is 9.36 Å². The summed E-state index contributed by atoms with van der Waals surface area (Å²) in [5, 5.41) is 12.7. The molecule has 4 rings (SSSR count). The Morgan fingerprint density at radius 3 is 2.93 bits per heavy atom. The van der Waals surface area contributed by atoms with Crippen molar-refractivity contribution in [3.8, 4) is 0 Å². The Kier molecular flexibility index (Phi) is 4.97. The molecule has 1 aromatic carbocycles. The third kappa shape index (κ3) is 3.32. The lowest BCUT2D eigenvalue weighted by Gasteiger charge is -2.32. The second-order valence-electron chi connectivity index (χ2n) is 7.24. The van der Waals surface area contributed by atoms with Crippen LogP contribution in [0.3, 0.4) is 0 Å². The maximum atomic E-state index is 12.8. The van der Waals surface area contributed by atoms with Crippen LogP contribution in [0.4, 0.5) is 0 Å². The smallest absolute Gasteiger partial charge is 0.342 e. The van der Waals surface area contributed by atoms with E-state index in [1.54, 1.807) is 16.3 Å². The van der Waals surface area contributed by atoms with E-state index < -0.39 is 0 Å². The van der Waals surface area contributed by atoms with Crippen LogP contribution in [-0.2, 0) is 24.9 Å².